The van der Waals surface area contributed by atoms with Crippen LogP contribution in [0.3, 0.4) is 0 Å². The highest BCUT2D eigenvalue weighted by Gasteiger charge is 2.21. The number of carbonyl (C=O) groups excluding carboxylic acids is 2. The van der Waals surface area contributed by atoms with E-state index in [1.807, 2.05) is 11.8 Å². The molecular weight excluding hydrogens is 524 g/mol. The minimum atomic E-state index is -1.02. The number of carbonyl (C=O) groups is 5. The van der Waals surface area contributed by atoms with Gasteiger partial charge in [0.05, 0.1) is 26.2 Å². The fourth-order valence-corrected chi connectivity index (χ4v) is 4.28. The van der Waals surface area contributed by atoms with E-state index in [4.69, 9.17) is 0 Å². The lowest BCUT2D eigenvalue weighted by Crippen LogP contribution is -2.49. The van der Waals surface area contributed by atoms with Crippen LogP contribution in [-0.2, 0) is 25.7 Å². The molecule has 1 aliphatic rings. The van der Waals surface area contributed by atoms with Crippen LogP contribution in [-0.4, -0.2) is 150 Å². The van der Waals surface area contributed by atoms with Crippen molar-refractivity contribution in [2.45, 2.75) is 13.5 Å². The predicted molar refractivity (Wildman–Crippen MR) is 145 cm³/mol. The molecule has 1 aromatic rings. The molecule has 0 atom stereocenters. The molecule has 1 saturated heterocycles. The van der Waals surface area contributed by atoms with Crippen molar-refractivity contribution in [3.05, 3.63) is 35.4 Å². The molecule has 0 aliphatic carbocycles. The second-order valence-corrected chi connectivity index (χ2v) is 9.62. The smallest absolute Gasteiger partial charge is 0.317 e. The first-order valence-electron chi connectivity index (χ1n) is 13.2. The molecule has 0 unspecified atom stereocenters. The van der Waals surface area contributed by atoms with Crippen LogP contribution >= 0.6 is 0 Å². The Bertz CT molecular complexity index is 973. The Morgan fingerprint density at radius 3 is 1.35 bits per heavy atom. The number of nitrogens with zero attached hydrogens (tertiary/aromatic N) is 4. The quantitative estimate of drug-likeness (QED) is 0.199. The highest BCUT2D eigenvalue weighted by Crippen LogP contribution is 2.05. The average molecular weight is 565 g/mol. The fourth-order valence-electron chi connectivity index (χ4n) is 4.28. The van der Waals surface area contributed by atoms with Gasteiger partial charge in [0.25, 0.3) is 5.91 Å². The lowest BCUT2D eigenvalue weighted by atomic mass is 10.1. The Hall–Kier alpha value is -3.59. The Balaban J connectivity index is 2.04. The van der Waals surface area contributed by atoms with E-state index in [0.29, 0.717) is 64.5 Å². The second kappa shape index (κ2) is 17.2. The van der Waals surface area contributed by atoms with Crippen LogP contribution in [0.4, 0.5) is 0 Å². The summed E-state index contributed by atoms with van der Waals surface area (Å²) in [6.07, 6.45) is 0. The number of rotatable bonds is 12. The van der Waals surface area contributed by atoms with E-state index in [9.17, 15) is 39.3 Å². The maximum Gasteiger partial charge on any atom is 0.317 e. The van der Waals surface area contributed by atoms with Gasteiger partial charge in [-0.15, -0.1) is 0 Å². The summed E-state index contributed by atoms with van der Waals surface area (Å²) < 4.78 is 0. The molecule has 1 fully saturated rings. The monoisotopic (exact) mass is 564 g/mol. The molecule has 0 saturated carbocycles. The lowest BCUT2D eigenvalue weighted by molar-refractivity contribution is -0.140. The van der Waals surface area contributed by atoms with Crippen molar-refractivity contribution in [3.63, 3.8) is 0 Å². The molecule has 1 aromatic carbocycles. The van der Waals surface area contributed by atoms with Crippen molar-refractivity contribution in [3.8, 4) is 0 Å². The summed E-state index contributed by atoms with van der Waals surface area (Å²) in [5, 5.41) is 33.5. The SMILES string of the molecule is CCNC(=O)c1ccc(CNC(=O)CN2CCN(CC(=O)O)CCN(CC(=O)O)CCN(CC(=O)O)CC2)cc1. The number of aliphatic carboxylic acids is 3. The summed E-state index contributed by atoms with van der Waals surface area (Å²) in [5.41, 5.74) is 1.35. The van der Waals surface area contributed by atoms with Crippen LogP contribution in [0.25, 0.3) is 0 Å². The van der Waals surface area contributed by atoms with Crippen LogP contribution in [0.15, 0.2) is 24.3 Å². The summed E-state index contributed by atoms with van der Waals surface area (Å²) in [7, 11) is 0. The average Bonchev–Trinajstić information content (AvgIpc) is 2.88. The summed E-state index contributed by atoms with van der Waals surface area (Å²) in [5.74, 6) is -3.45. The van der Waals surface area contributed by atoms with E-state index in [1.54, 1.807) is 39.0 Å². The van der Waals surface area contributed by atoms with Gasteiger partial charge in [-0.3, -0.25) is 43.6 Å². The van der Waals surface area contributed by atoms with E-state index in [0.717, 1.165) is 5.56 Å². The number of hydrogen-bond donors (Lipinski definition) is 5. The first-order chi connectivity index (χ1) is 19.0. The molecule has 1 aliphatic heterocycles. The molecule has 14 nitrogen and oxygen atoms in total. The predicted octanol–water partition coefficient (Wildman–Crippen LogP) is -1.47. The van der Waals surface area contributed by atoms with Gasteiger partial charge < -0.3 is 26.0 Å². The number of benzene rings is 1. The summed E-state index contributed by atoms with van der Waals surface area (Å²) in [6.45, 7) is 4.60. The highest BCUT2D eigenvalue weighted by atomic mass is 16.4. The Kier molecular flexibility index (Phi) is 14.0. The minimum absolute atomic E-state index is 0.0317. The maximum atomic E-state index is 12.8. The number of hydrogen-bond acceptors (Lipinski definition) is 9. The third kappa shape index (κ3) is 13.0. The van der Waals surface area contributed by atoms with Crippen molar-refractivity contribution < 1.29 is 39.3 Å². The van der Waals surface area contributed by atoms with E-state index in [1.165, 1.54) is 0 Å². The number of carboxylic acid groups (broad SMARTS) is 3. The van der Waals surface area contributed by atoms with Gasteiger partial charge in [0.1, 0.15) is 0 Å². The van der Waals surface area contributed by atoms with Crippen LogP contribution < -0.4 is 10.6 Å². The van der Waals surface area contributed by atoms with Gasteiger partial charge in [-0.2, -0.15) is 0 Å². The topological polar surface area (TPSA) is 183 Å². The van der Waals surface area contributed by atoms with Crippen LogP contribution in [0, 0.1) is 0 Å². The number of amides is 2. The van der Waals surface area contributed by atoms with E-state index >= 15 is 0 Å². The Labute approximate surface area is 233 Å². The van der Waals surface area contributed by atoms with Crippen molar-refractivity contribution in [1.29, 1.82) is 0 Å². The standard InChI is InChI=1S/C26H40N6O8/c1-2-27-26(40)21-5-3-20(4-6-21)15-28-22(33)16-29-7-9-30(17-23(34)35)11-13-32(19-25(38)39)14-12-31(10-8-29)18-24(36)37/h3-6H,2,7-19H2,1H3,(H,27,40)(H,28,33)(H,34,35)(H,36,37)(H,38,39). The zero-order chi connectivity index (χ0) is 29.5. The number of carboxylic acids is 3. The zero-order valence-corrected chi connectivity index (χ0v) is 22.9. The molecule has 1 heterocycles. The Morgan fingerprint density at radius 1 is 0.625 bits per heavy atom. The summed E-state index contributed by atoms with van der Waals surface area (Å²) in [6, 6.07) is 6.91. The third-order valence-corrected chi connectivity index (χ3v) is 6.42. The van der Waals surface area contributed by atoms with Crippen molar-refractivity contribution >= 4 is 29.7 Å². The fraction of sp³-hybridized carbons (Fsp3) is 0.577. The van der Waals surface area contributed by atoms with E-state index in [-0.39, 0.29) is 44.5 Å². The molecule has 0 bridgehead atoms. The van der Waals surface area contributed by atoms with E-state index < -0.39 is 17.9 Å². The van der Waals surface area contributed by atoms with Gasteiger partial charge in [-0.25, -0.2) is 0 Å². The first kappa shape index (κ1) is 32.6. The van der Waals surface area contributed by atoms with Gasteiger partial charge in [0.15, 0.2) is 0 Å². The maximum absolute atomic E-state index is 12.8. The molecule has 40 heavy (non-hydrogen) atoms. The van der Waals surface area contributed by atoms with Crippen molar-refractivity contribution in [1.82, 2.24) is 30.2 Å². The molecule has 2 rings (SSSR count). The van der Waals surface area contributed by atoms with Crippen molar-refractivity contribution in [2.24, 2.45) is 0 Å². The summed E-state index contributed by atoms with van der Waals surface area (Å²) >= 11 is 0. The molecule has 14 heteroatoms. The molecule has 0 radical (unpaired) electrons. The molecule has 5 N–H and O–H groups in total. The van der Waals surface area contributed by atoms with Gasteiger partial charge in [-0.05, 0) is 24.6 Å². The van der Waals surface area contributed by atoms with Crippen LogP contribution in [0.1, 0.15) is 22.8 Å². The molecule has 0 spiro atoms. The van der Waals surface area contributed by atoms with Gasteiger partial charge in [-0.1, -0.05) is 12.1 Å². The Morgan fingerprint density at radius 2 is 1.00 bits per heavy atom. The molecule has 222 valence electrons. The number of nitrogens with one attached hydrogen (secondary N) is 2. The molecular formula is C26H40N6O8. The largest absolute Gasteiger partial charge is 0.480 e. The van der Waals surface area contributed by atoms with Crippen LogP contribution in [0.5, 0.6) is 0 Å². The second-order valence-electron chi connectivity index (χ2n) is 9.62. The van der Waals surface area contributed by atoms with Gasteiger partial charge >= 0.3 is 17.9 Å². The van der Waals surface area contributed by atoms with Gasteiger partial charge in [0.2, 0.25) is 5.91 Å². The summed E-state index contributed by atoms with van der Waals surface area (Å²) in [4.78, 5) is 65.8. The lowest BCUT2D eigenvalue weighted by Gasteiger charge is -2.32. The first-order valence-corrected chi connectivity index (χ1v) is 13.2. The zero-order valence-electron chi connectivity index (χ0n) is 22.9. The van der Waals surface area contributed by atoms with Gasteiger partial charge in [0, 0.05) is 71.0 Å². The van der Waals surface area contributed by atoms with Crippen molar-refractivity contribution in [2.75, 3.05) is 85.1 Å². The van der Waals surface area contributed by atoms with E-state index in [2.05, 4.69) is 10.6 Å². The van der Waals surface area contributed by atoms with Crippen LogP contribution in [0.2, 0.25) is 0 Å². The third-order valence-electron chi connectivity index (χ3n) is 6.42. The molecule has 0 aromatic heterocycles. The molecule has 2 amide bonds. The normalized spacial score (nSPS) is 16.8. The highest BCUT2D eigenvalue weighted by molar-refractivity contribution is 5.94. The minimum Gasteiger partial charge on any atom is -0.480 e.